The standard InChI is InChI=1S/C9H6BrF6NO2/c1-19-5-2-6(17-3-4(5)10)7(18,8(11,12)13)9(14,15)16/h2-3,18H,1H3. The Morgan fingerprint density at radius 2 is 1.63 bits per heavy atom. The number of pyridine rings is 1. The van der Waals surface area contributed by atoms with Crippen LogP contribution >= 0.6 is 15.9 Å². The van der Waals surface area contributed by atoms with Crippen LogP contribution < -0.4 is 4.74 Å². The minimum atomic E-state index is -5.98. The van der Waals surface area contributed by atoms with E-state index in [1.165, 1.54) is 0 Å². The van der Waals surface area contributed by atoms with E-state index in [0.29, 0.717) is 12.3 Å². The Morgan fingerprint density at radius 1 is 1.16 bits per heavy atom. The first-order chi connectivity index (χ1) is 8.45. The van der Waals surface area contributed by atoms with Gasteiger partial charge in [0.15, 0.2) is 0 Å². The third kappa shape index (κ3) is 2.64. The van der Waals surface area contributed by atoms with Gasteiger partial charge in [0.25, 0.3) is 5.60 Å². The Morgan fingerprint density at radius 3 is 2.00 bits per heavy atom. The van der Waals surface area contributed by atoms with Crippen LogP contribution in [-0.4, -0.2) is 29.6 Å². The SMILES string of the molecule is COc1cc(C(O)(C(F)(F)F)C(F)(F)F)ncc1Br. The molecule has 0 atom stereocenters. The molecular weight excluding hydrogens is 348 g/mol. The lowest BCUT2D eigenvalue weighted by Gasteiger charge is -2.31. The molecule has 0 saturated heterocycles. The summed E-state index contributed by atoms with van der Waals surface area (Å²) in [5.74, 6) is -0.322. The molecule has 0 saturated carbocycles. The minimum Gasteiger partial charge on any atom is -0.495 e. The quantitative estimate of drug-likeness (QED) is 0.830. The Bertz CT molecular complexity index is 459. The van der Waals surface area contributed by atoms with E-state index < -0.39 is 23.6 Å². The highest BCUT2D eigenvalue weighted by Gasteiger charge is 2.72. The van der Waals surface area contributed by atoms with E-state index in [0.717, 1.165) is 7.11 Å². The van der Waals surface area contributed by atoms with E-state index >= 15 is 0 Å². The maximum Gasteiger partial charge on any atom is 0.432 e. The lowest BCUT2D eigenvalue weighted by molar-refractivity contribution is -0.377. The third-order valence-corrected chi connectivity index (χ3v) is 2.83. The maximum atomic E-state index is 12.6. The Balaban J connectivity index is 3.52. The van der Waals surface area contributed by atoms with Crippen molar-refractivity contribution in [3.05, 3.63) is 22.4 Å². The molecule has 0 radical (unpaired) electrons. The number of hydrogen-bond acceptors (Lipinski definition) is 3. The molecule has 1 rings (SSSR count). The van der Waals surface area contributed by atoms with Gasteiger partial charge in [-0.1, -0.05) is 0 Å². The summed E-state index contributed by atoms with van der Waals surface area (Å²) < 4.78 is 80.0. The molecule has 1 heterocycles. The van der Waals surface area contributed by atoms with Gasteiger partial charge >= 0.3 is 12.4 Å². The van der Waals surface area contributed by atoms with Crippen LogP contribution in [0.15, 0.2) is 16.7 Å². The Labute approximate surface area is 111 Å². The molecule has 0 amide bonds. The molecule has 0 aliphatic heterocycles. The number of ether oxygens (including phenoxy) is 1. The van der Waals surface area contributed by atoms with Gasteiger partial charge in [0.2, 0.25) is 0 Å². The number of methoxy groups -OCH3 is 1. The molecule has 0 unspecified atom stereocenters. The van der Waals surface area contributed by atoms with Crippen LogP contribution in [0, 0.1) is 0 Å². The third-order valence-electron chi connectivity index (χ3n) is 2.23. The number of hydrogen-bond donors (Lipinski definition) is 1. The van der Waals surface area contributed by atoms with Crippen LogP contribution in [0.1, 0.15) is 5.69 Å². The summed E-state index contributed by atoms with van der Waals surface area (Å²) >= 11 is 2.83. The largest absolute Gasteiger partial charge is 0.495 e. The fraction of sp³-hybridized carbons (Fsp3) is 0.444. The van der Waals surface area contributed by atoms with E-state index in [4.69, 9.17) is 5.11 Å². The zero-order valence-electron chi connectivity index (χ0n) is 9.10. The summed E-state index contributed by atoms with van der Waals surface area (Å²) in [4.78, 5) is 2.98. The van der Waals surface area contributed by atoms with Crippen molar-refractivity contribution in [3.8, 4) is 5.75 Å². The normalized spacial score (nSPS) is 13.5. The second-order valence-corrected chi connectivity index (χ2v) is 4.26. The van der Waals surface area contributed by atoms with Gasteiger partial charge in [-0.2, -0.15) is 26.3 Å². The van der Waals surface area contributed by atoms with E-state index in [1.807, 2.05) is 0 Å². The number of aliphatic hydroxyl groups is 1. The Hall–Kier alpha value is -1.03. The number of halogens is 7. The van der Waals surface area contributed by atoms with Crippen LogP contribution in [-0.2, 0) is 5.60 Å². The van der Waals surface area contributed by atoms with Crippen molar-refractivity contribution in [3.63, 3.8) is 0 Å². The van der Waals surface area contributed by atoms with Crippen molar-refractivity contribution in [2.75, 3.05) is 7.11 Å². The molecule has 108 valence electrons. The smallest absolute Gasteiger partial charge is 0.432 e. The van der Waals surface area contributed by atoms with Gasteiger partial charge in [-0.25, -0.2) is 0 Å². The van der Waals surface area contributed by atoms with Gasteiger partial charge in [0.1, 0.15) is 5.75 Å². The first-order valence-electron chi connectivity index (χ1n) is 4.51. The van der Waals surface area contributed by atoms with Crippen molar-refractivity contribution in [1.29, 1.82) is 0 Å². The number of aromatic nitrogens is 1. The fourth-order valence-corrected chi connectivity index (χ4v) is 1.60. The maximum absolute atomic E-state index is 12.6. The summed E-state index contributed by atoms with van der Waals surface area (Å²) in [6.45, 7) is 0. The molecule has 0 aliphatic rings. The molecular formula is C9H6BrF6NO2. The average Bonchev–Trinajstić information content (AvgIpc) is 2.25. The first-order valence-corrected chi connectivity index (χ1v) is 5.30. The van der Waals surface area contributed by atoms with Crippen molar-refractivity contribution in [1.82, 2.24) is 4.98 Å². The van der Waals surface area contributed by atoms with Gasteiger partial charge in [0.05, 0.1) is 17.3 Å². The van der Waals surface area contributed by atoms with E-state index in [9.17, 15) is 26.3 Å². The monoisotopic (exact) mass is 353 g/mol. The van der Waals surface area contributed by atoms with Crippen molar-refractivity contribution >= 4 is 15.9 Å². The topological polar surface area (TPSA) is 42.4 Å². The molecule has 0 aromatic carbocycles. The summed E-state index contributed by atoms with van der Waals surface area (Å²) in [6, 6.07) is 0.366. The number of alkyl halides is 6. The average molecular weight is 354 g/mol. The van der Waals surface area contributed by atoms with Crippen LogP contribution in [0.25, 0.3) is 0 Å². The zero-order chi connectivity index (χ0) is 15.1. The van der Waals surface area contributed by atoms with Crippen molar-refractivity contribution in [2.45, 2.75) is 18.0 Å². The summed E-state index contributed by atoms with van der Waals surface area (Å²) in [5.41, 5.74) is -6.68. The second-order valence-electron chi connectivity index (χ2n) is 3.41. The van der Waals surface area contributed by atoms with E-state index in [2.05, 4.69) is 25.7 Å². The molecule has 1 aromatic heterocycles. The summed E-state index contributed by atoms with van der Waals surface area (Å²) in [6.07, 6.45) is -11.3. The second kappa shape index (κ2) is 4.82. The highest BCUT2D eigenvalue weighted by atomic mass is 79.9. The number of rotatable bonds is 2. The van der Waals surface area contributed by atoms with Crippen LogP contribution in [0.3, 0.4) is 0 Å². The molecule has 1 N–H and O–H groups in total. The van der Waals surface area contributed by atoms with Crippen LogP contribution in [0.5, 0.6) is 5.75 Å². The van der Waals surface area contributed by atoms with Gasteiger partial charge in [-0.15, -0.1) is 0 Å². The lowest BCUT2D eigenvalue weighted by atomic mass is 9.97. The lowest BCUT2D eigenvalue weighted by Crippen LogP contribution is -2.54. The summed E-state index contributed by atoms with van der Waals surface area (Å²) in [5, 5.41) is 9.08. The molecule has 1 aromatic rings. The first kappa shape index (κ1) is 16.0. The van der Waals surface area contributed by atoms with Crippen LogP contribution in [0.2, 0.25) is 0 Å². The van der Waals surface area contributed by atoms with E-state index in [1.54, 1.807) is 0 Å². The molecule has 0 aliphatic carbocycles. The number of nitrogens with zero attached hydrogens (tertiary/aromatic N) is 1. The van der Waals surface area contributed by atoms with Gasteiger partial charge in [-0.3, -0.25) is 4.98 Å². The van der Waals surface area contributed by atoms with Crippen molar-refractivity contribution < 1.29 is 36.2 Å². The zero-order valence-corrected chi connectivity index (χ0v) is 10.7. The van der Waals surface area contributed by atoms with Gasteiger partial charge < -0.3 is 9.84 Å². The van der Waals surface area contributed by atoms with E-state index in [-0.39, 0.29) is 10.2 Å². The molecule has 0 spiro atoms. The van der Waals surface area contributed by atoms with Gasteiger partial charge in [-0.05, 0) is 15.9 Å². The van der Waals surface area contributed by atoms with Crippen molar-refractivity contribution in [2.24, 2.45) is 0 Å². The predicted octanol–water partition coefficient (Wildman–Crippen LogP) is 3.16. The molecule has 0 bridgehead atoms. The highest BCUT2D eigenvalue weighted by molar-refractivity contribution is 9.10. The predicted molar refractivity (Wildman–Crippen MR) is 54.5 cm³/mol. The highest BCUT2D eigenvalue weighted by Crippen LogP contribution is 2.50. The minimum absolute atomic E-state index is 0.0467. The Kier molecular flexibility index (Phi) is 4.06. The molecule has 10 heteroatoms. The van der Waals surface area contributed by atoms with Gasteiger partial charge in [0, 0.05) is 12.3 Å². The van der Waals surface area contributed by atoms with Crippen LogP contribution in [0.4, 0.5) is 26.3 Å². The fourth-order valence-electron chi connectivity index (χ4n) is 1.23. The molecule has 3 nitrogen and oxygen atoms in total. The molecule has 0 fully saturated rings. The molecule has 19 heavy (non-hydrogen) atoms. The summed E-state index contributed by atoms with van der Waals surface area (Å²) in [7, 11) is 1.05.